The maximum atomic E-state index is 12.6. The van der Waals surface area contributed by atoms with Crippen LogP contribution in [0.3, 0.4) is 0 Å². The van der Waals surface area contributed by atoms with Crippen molar-refractivity contribution in [3.8, 4) is 17.1 Å². The van der Waals surface area contributed by atoms with Crippen molar-refractivity contribution in [2.45, 2.75) is 12.3 Å². The predicted octanol–water partition coefficient (Wildman–Crippen LogP) is 3.47. The molecule has 0 radical (unpaired) electrons. The van der Waals surface area contributed by atoms with Crippen LogP contribution in [0.15, 0.2) is 57.5 Å². The number of hydrogen-bond donors (Lipinski definition) is 0. The molecule has 0 aliphatic rings. The lowest BCUT2D eigenvalue weighted by molar-refractivity contribution is 0.336. The number of sulfonamides is 1. The van der Waals surface area contributed by atoms with Crippen LogP contribution >= 0.6 is 15.9 Å². The van der Waals surface area contributed by atoms with Gasteiger partial charge in [-0.15, -0.1) is 0 Å². The minimum absolute atomic E-state index is 0.00414. The minimum atomic E-state index is -3.52. The van der Waals surface area contributed by atoms with Crippen molar-refractivity contribution in [2.75, 3.05) is 14.2 Å². The van der Waals surface area contributed by atoms with Crippen molar-refractivity contribution in [1.29, 1.82) is 0 Å². The van der Waals surface area contributed by atoms with Gasteiger partial charge >= 0.3 is 0 Å². The number of hydrogen-bond acceptors (Lipinski definition) is 6. The second-order valence-electron chi connectivity index (χ2n) is 5.88. The standard InChI is InChI=1S/C18H18BrN3O4S/c1-22(27(23,24)12-13-6-8-15(19)9-7-13)11-17-20-18(21-26-17)14-4-3-5-16(10-14)25-2/h3-10H,11-12H2,1-2H3. The molecule has 0 bridgehead atoms. The molecule has 27 heavy (non-hydrogen) atoms. The molecular weight excluding hydrogens is 434 g/mol. The summed E-state index contributed by atoms with van der Waals surface area (Å²) in [5.74, 6) is 1.17. The third kappa shape index (κ3) is 4.94. The maximum Gasteiger partial charge on any atom is 0.242 e. The molecule has 1 aromatic heterocycles. The van der Waals surface area contributed by atoms with Gasteiger partial charge in [-0.05, 0) is 29.8 Å². The maximum absolute atomic E-state index is 12.6. The van der Waals surface area contributed by atoms with Crippen LogP contribution in [0, 0.1) is 0 Å². The second-order valence-corrected chi connectivity index (χ2v) is 8.87. The fraction of sp³-hybridized carbons (Fsp3) is 0.222. The van der Waals surface area contributed by atoms with E-state index in [2.05, 4.69) is 26.1 Å². The zero-order chi connectivity index (χ0) is 19.4. The zero-order valence-electron chi connectivity index (χ0n) is 14.8. The summed E-state index contributed by atoms with van der Waals surface area (Å²) in [5, 5.41) is 3.92. The molecular formula is C18H18BrN3O4S. The Morgan fingerprint density at radius 3 is 2.63 bits per heavy atom. The van der Waals surface area contributed by atoms with E-state index in [1.54, 1.807) is 25.3 Å². The second kappa shape index (κ2) is 8.20. The molecule has 3 rings (SSSR count). The van der Waals surface area contributed by atoms with Crippen molar-refractivity contribution in [2.24, 2.45) is 0 Å². The zero-order valence-corrected chi connectivity index (χ0v) is 17.2. The van der Waals surface area contributed by atoms with Crippen molar-refractivity contribution in [3.63, 3.8) is 0 Å². The van der Waals surface area contributed by atoms with Crippen molar-refractivity contribution in [3.05, 3.63) is 64.5 Å². The van der Waals surface area contributed by atoms with E-state index >= 15 is 0 Å². The van der Waals surface area contributed by atoms with E-state index in [1.165, 1.54) is 11.4 Å². The van der Waals surface area contributed by atoms with E-state index < -0.39 is 10.0 Å². The summed E-state index contributed by atoms with van der Waals surface area (Å²) in [6.07, 6.45) is 0. The molecule has 0 spiro atoms. The van der Waals surface area contributed by atoms with Gasteiger partial charge in [-0.2, -0.15) is 9.29 Å². The van der Waals surface area contributed by atoms with Gasteiger partial charge in [0, 0.05) is 17.1 Å². The molecule has 7 nitrogen and oxygen atoms in total. The van der Waals surface area contributed by atoms with E-state index in [-0.39, 0.29) is 18.2 Å². The lowest BCUT2D eigenvalue weighted by Gasteiger charge is -2.15. The molecule has 0 atom stereocenters. The molecule has 1 heterocycles. The van der Waals surface area contributed by atoms with E-state index in [4.69, 9.17) is 9.26 Å². The number of benzene rings is 2. The Morgan fingerprint density at radius 2 is 1.93 bits per heavy atom. The Balaban J connectivity index is 1.71. The highest BCUT2D eigenvalue weighted by Gasteiger charge is 2.21. The van der Waals surface area contributed by atoms with E-state index in [9.17, 15) is 8.42 Å². The summed E-state index contributed by atoms with van der Waals surface area (Å²) in [6, 6.07) is 14.4. The normalized spacial score (nSPS) is 11.7. The monoisotopic (exact) mass is 451 g/mol. The topological polar surface area (TPSA) is 85.5 Å². The molecule has 0 aliphatic heterocycles. The molecule has 3 aromatic rings. The first-order chi connectivity index (χ1) is 12.9. The van der Waals surface area contributed by atoms with Crippen LogP contribution in [-0.2, 0) is 22.3 Å². The van der Waals surface area contributed by atoms with Crippen molar-refractivity contribution < 1.29 is 17.7 Å². The van der Waals surface area contributed by atoms with Crippen molar-refractivity contribution >= 4 is 26.0 Å². The van der Waals surface area contributed by atoms with Gasteiger partial charge in [0.25, 0.3) is 0 Å². The Morgan fingerprint density at radius 1 is 1.19 bits per heavy atom. The highest BCUT2D eigenvalue weighted by Crippen LogP contribution is 2.22. The van der Waals surface area contributed by atoms with Crippen molar-refractivity contribution in [1.82, 2.24) is 14.4 Å². The average molecular weight is 452 g/mol. The van der Waals surface area contributed by atoms with Gasteiger partial charge in [-0.3, -0.25) is 0 Å². The average Bonchev–Trinajstić information content (AvgIpc) is 3.12. The molecule has 0 amide bonds. The quantitative estimate of drug-likeness (QED) is 0.546. The Bertz CT molecular complexity index is 1020. The van der Waals surface area contributed by atoms with Gasteiger partial charge in [-0.1, -0.05) is 45.4 Å². The van der Waals surface area contributed by atoms with Gasteiger partial charge in [0.2, 0.25) is 21.7 Å². The number of nitrogens with zero attached hydrogens (tertiary/aromatic N) is 3. The first-order valence-corrected chi connectivity index (χ1v) is 10.4. The van der Waals surface area contributed by atoms with Crippen LogP contribution in [0.1, 0.15) is 11.5 Å². The highest BCUT2D eigenvalue weighted by molar-refractivity contribution is 9.10. The number of rotatable bonds is 7. The Hall–Kier alpha value is -2.23. The summed E-state index contributed by atoms with van der Waals surface area (Å²) in [5.41, 5.74) is 1.43. The van der Waals surface area contributed by atoms with Crippen LogP contribution in [0.2, 0.25) is 0 Å². The van der Waals surface area contributed by atoms with E-state index in [0.717, 1.165) is 10.0 Å². The molecule has 2 aromatic carbocycles. The summed E-state index contributed by atoms with van der Waals surface area (Å²) in [7, 11) is -0.455. The fourth-order valence-corrected chi connectivity index (χ4v) is 3.79. The van der Waals surface area contributed by atoms with E-state index in [0.29, 0.717) is 17.1 Å². The number of ether oxygens (including phenoxy) is 1. The summed E-state index contributed by atoms with van der Waals surface area (Å²) < 4.78 is 37.6. The summed E-state index contributed by atoms with van der Waals surface area (Å²) in [6.45, 7) is -0.00414. The Kier molecular flexibility index (Phi) is 5.93. The van der Waals surface area contributed by atoms with Gasteiger partial charge in [0.15, 0.2) is 0 Å². The summed E-state index contributed by atoms with van der Waals surface area (Å²) >= 11 is 3.33. The minimum Gasteiger partial charge on any atom is -0.497 e. The van der Waals surface area contributed by atoms with Gasteiger partial charge in [-0.25, -0.2) is 8.42 Å². The molecule has 142 valence electrons. The van der Waals surface area contributed by atoms with Crippen LogP contribution in [0.4, 0.5) is 0 Å². The van der Waals surface area contributed by atoms with Gasteiger partial charge in [0.1, 0.15) is 5.75 Å². The number of methoxy groups -OCH3 is 1. The third-order valence-corrected chi connectivity index (χ3v) is 6.20. The highest BCUT2D eigenvalue weighted by atomic mass is 79.9. The summed E-state index contributed by atoms with van der Waals surface area (Å²) in [4.78, 5) is 4.28. The molecule has 0 saturated heterocycles. The number of aromatic nitrogens is 2. The predicted molar refractivity (Wildman–Crippen MR) is 105 cm³/mol. The van der Waals surface area contributed by atoms with Gasteiger partial charge < -0.3 is 9.26 Å². The smallest absolute Gasteiger partial charge is 0.242 e. The molecule has 0 aliphatic carbocycles. The van der Waals surface area contributed by atoms with Crippen LogP contribution in [0.5, 0.6) is 5.75 Å². The molecule has 0 unspecified atom stereocenters. The molecule has 0 saturated carbocycles. The molecule has 0 fully saturated rings. The fourth-order valence-electron chi connectivity index (χ4n) is 2.39. The molecule has 9 heteroatoms. The van der Waals surface area contributed by atoms with Crippen LogP contribution < -0.4 is 4.74 Å². The lowest BCUT2D eigenvalue weighted by atomic mass is 10.2. The SMILES string of the molecule is COc1cccc(-c2noc(CN(C)S(=O)(=O)Cc3ccc(Br)cc3)n2)c1. The van der Waals surface area contributed by atoms with Gasteiger partial charge in [0.05, 0.1) is 19.4 Å². The lowest BCUT2D eigenvalue weighted by Crippen LogP contribution is -2.27. The first kappa shape index (κ1) is 19.5. The molecule has 0 N–H and O–H groups in total. The van der Waals surface area contributed by atoms with E-state index in [1.807, 2.05) is 30.3 Å². The third-order valence-electron chi connectivity index (χ3n) is 3.89. The first-order valence-electron chi connectivity index (χ1n) is 8.03. The Labute approximate surface area is 166 Å². The van der Waals surface area contributed by atoms with Crippen LogP contribution in [-0.4, -0.2) is 37.0 Å². The van der Waals surface area contributed by atoms with Crippen LogP contribution in [0.25, 0.3) is 11.4 Å². The largest absolute Gasteiger partial charge is 0.497 e. The number of halogens is 1.